The molecule has 5 nitrogen and oxygen atoms in total. The molecule has 0 saturated heterocycles. The Balaban J connectivity index is 1.95. The van der Waals surface area contributed by atoms with Crippen molar-refractivity contribution in [1.82, 2.24) is 20.4 Å². The summed E-state index contributed by atoms with van der Waals surface area (Å²) in [7, 11) is 0. The molecule has 1 aromatic carbocycles. The van der Waals surface area contributed by atoms with Crippen molar-refractivity contribution in [2.45, 2.75) is 13.0 Å². The molecule has 0 aliphatic rings. The second-order valence-corrected chi connectivity index (χ2v) is 5.41. The van der Waals surface area contributed by atoms with Crippen LogP contribution >= 0.6 is 11.3 Å². The highest BCUT2D eigenvalue weighted by molar-refractivity contribution is 7.10. The third kappa shape index (κ3) is 2.36. The van der Waals surface area contributed by atoms with Crippen LogP contribution in [0, 0.1) is 6.92 Å². The fourth-order valence-electron chi connectivity index (χ4n) is 2.07. The summed E-state index contributed by atoms with van der Waals surface area (Å²) < 4.78 is 0. The van der Waals surface area contributed by atoms with E-state index in [0.29, 0.717) is 0 Å². The van der Waals surface area contributed by atoms with E-state index in [9.17, 15) is 0 Å². The Hall–Kier alpha value is -2.02. The van der Waals surface area contributed by atoms with Gasteiger partial charge in [0, 0.05) is 4.88 Å². The number of nitrogens with one attached hydrogen (secondary N) is 1. The SMILES string of the molecule is Cc1ccsc1C(NN)c1cnn(-c2ccccc2)n1. The normalized spacial score (nSPS) is 12.5. The first-order valence-electron chi connectivity index (χ1n) is 6.27. The number of aryl methyl sites for hydroxylation is 1. The van der Waals surface area contributed by atoms with Crippen molar-refractivity contribution in [3.63, 3.8) is 0 Å². The summed E-state index contributed by atoms with van der Waals surface area (Å²) >= 11 is 1.66. The molecule has 2 heterocycles. The number of nitrogens with zero attached hydrogens (tertiary/aromatic N) is 3. The minimum Gasteiger partial charge on any atom is -0.270 e. The van der Waals surface area contributed by atoms with Gasteiger partial charge in [-0.15, -0.1) is 11.3 Å². The fraction of sp³-hybridized carbons (Fsp3) is 0.143. The maximum Gasteiger partial charge on any atom is 0.107 e. The average Bonchev–Trinajstić information content (AvgIpc) is 3.12. The standard InChI is InChI=1S/C14H15N5S/c1-10-7-8-20-14(10)13(17-15)12-9-16-19(18-12)11-5-3-2-4-6-11/h2-9,13,17H,15H2,1H3. The van der Waals surface area contributed by atoms with Crippen LogP contribution in [0.3, 0.4) is 0 Å². The van der Waals surface area contributed by atoms with Crippen molar-refractivity contribution in [3.8, 4) is 5.69 Å². The lowest BCUT2D eigenvalue weighted by Crippen LogP contribution is -2.29. The van der Waals surface area contributed by atoms with Gasteiger partial charge in [-0.2, -0.15) is 15.0 Å². The van der Waals surface area contributed by atoms with E-state index in [-0.39, 0.29) is 6.04 Å². The van der Waals surface area contributed by atoms with Crippen molar-refractivity contribution >= 4 is 11.3 Å². The Bertz CT molecular complexity index is 688. The van der Waals surface area contributed by atoms with Gasteiger partial charge < -0.3 is 0 Å². The average molecular weight is 285 g/mol. The van der Waals surface area contributed by atoms with Crippen LogP contribution in [0.15, 0.2) is 48.0 Å². The summed E-state index contributed by atoms with van der Waals surface area (Å²) in [6.45, 7) is 2.07. The zero-order valence-electron chi connectivity index (χ0n) is 11.0. The zero-order valence-corrected chi connectivity index (χ0v) is 11.8. The molecule has 1 unspecified atom stereocenters. The highest BCUT2D eigenvalue weighted by Gasteiger charge is 2.19. The van der Waals surface area contributed by atoms with Crippen LogP contribution in [0.2, 0.25) is 0 Å². The summed E-state index contributed by atoms with van der Waals surface area (Å²) in [5.41, 5.74) is 5.76. The van der Waals surface area contributed by atoms with Gasteiger partial charge in [-0.3, -0.25) is 5.84 Å². The van der Waals surface area contributed by atoms with Gasteiger partial charge in [0.1, 0.15) is 11.7 Å². The maximum absolute atomic E-state index is 5.69. The predicted molar refractivity (Wildman–Crippen MR) is 79.6 cm³/mol. The number of hydrogen-bond acceptors (Lipinski definition) is 5. The number of nitrogens with two attached hydrogens (primary N) is 1. The Morgan fingerprint density at radius 3 is 2.70 bits per heavy atom. The van der Waals surface area contributed by atoms with Crippen LogP contribution in [-0.2, 0) is 0 Å². The molecule has 0 spiro atoms. The largest absolute Gasteiger partial charge is 0.270 e. The Morgan fingerprint density at radius 1 is 1.25 bits per heavy atom. The smallest absolute Gasteiger partial charge is 0.107 e. The van der Waals surface area contributed by atoms with Crippen molar-refractivity contribution < 1.29 is 0 Å². The van der Waals surface area contributed by atoms with E-state index in [2.05, 4.69) is 34.0 Å². The zero-order chi connectivity index (χ0) is 13.9. The number of hydrazine groups is 1. The maximum atomic E-state index is 5.69. The van der Waals surface area contributed by atoms with Gasteiger partial charge in [-0.1, -0.05) is 18.2 Å². The third-order valence-electron chi connectivity index (χ3n) is 3.12. The molecule has 3 aromatic rings. The van der Waals surface area contributed by atoms with E-state index in [1.807, 2.05) is 30.3 Å². The van der Waals surface area contributed by atoms with Crippen LogP contribution in [0.25, 0.3) is 5.69 Å². The van der Waals surface area contributed by atoms with Gasteiger partial charge in [0.2, 0.25) is 0 Å². The molecule has 3 N–H and O–H groups in total. The molecule has 0 fully saturated rings. The predicted octanol–water partition coefficient (Wildman–Crippen LogP) is 2.19. The second kappa shape index (κ2) is 5.54. The highest BCUT2D eigenvalue weighted by atomic mass is 32.1. The summed E-state index contributed by atoms with van der Waals surface area (Å²) in [5, 5.41) is 10.9. The van der Waals surface area contributed by atoms with Crippen LogP contribution < -0.4 is 11.3 Å². The summed E-state index contributed by atoms with van der Waals surface area (Å²) in [5.74, 6) is 5.69. The fourth-order valence-corrected chi connectivity index (χ4v) is 3.07. The van der Waals surface area contributed by atoms with Gasteiger partial charge in [-0.05, 0) is 36.1 Å². The molecular formula is C14H15N5S. The monoisotopic (exact) mass is 285 g/mol. The number of hydrogen-bond donors (Lipinski definition) is 2. The molecule has 0 aliphatic heterocycles. The molecule has 102 valence electrons. The topological polar surface area (TPSA) is 68.8 Å². The van der Waals surface area contributed by atoms with E-state index in [0.717, 1.165) is 16.3 Å². The van der Waals surface area contributed by atoms with E-state index >= 15 is 0 Å². The minimum atomic E-state index is -0.132. The van der Waals surface area contributed by atoms with Gasteiger partial charge in [0.25, 0.3) is 0 Å². The Labute approximate surface area is 121 Å². The van der Waals surface area contributed by atoms with E-state index in [1.54, 1.807) is 22.3 Å². The lowest BCUT2D eigenvalue weighted by molar-refractivity contribution is 0.615. The summed E-state index contributed by atoms with van der Waals surface area (Å²) in [6, 6.07) is 11.8. The minimum absolute atomic E-state index is 0.132. The number of benzene rings is 1. The lowest BCUT2D eigenvalue weighted by Gasteiger charge is -2.12. The molecule has 1 atom stereocenters. The molecule has 2 aromatic heterocycles. The Kier molecular flexibility index (Phi) is 3.60. The number of thiophene rings is 1. The molecule has 0 amide bonds. The first-order valence-corrected chi connectivity index (χ1v) is 7.15. The molecule has 3 rings (SSSR count). The van der Waals surface area contributed by atoms with Gasteiger partial charge in [-0.25, -0.2) is 5.43 Å². The molecule has 6 heteroatoms. The quantitative estimate of drug-likeness (QED) is 0.569. The Morgan fingerprint density at radius 2 is 2.05 bits per heavy atom. The molecule has 0 bridgehead atoms. The molecule has 0 saturated carbocycles. The number of para-hydroxylation sites is 1. The van der Waals surface area contributed by atoms with Gasteiger partial charge in [0.15, 0.2) is 0 Å². The lowest BCUT2D eigenvalue weighted by atomic mass is 10.1. The summed E-state index contributed by atoms with van der Waals surface area (Å²) in [4.78, 5) is 2.77. The first-order chi connectivity index (χ1) is 9.79. The highest BCUT2D eigenvalue weighted by Crippen LogP contribution is 2.27. The van der Waals surface area contributed by atoms with Crippen LogP contribution in [0.4, 0.5) is 0 Å². The van der Waals surface area contributed by atoms with Crippen LogP contribution in [0.5, 0.6) is 0 Å². The molecular weight excluding hydrogens is 270 g/mol. The molecule has 20 heavy (non-hydrogen) atoms. The first kappa shape index (κ1) is 13.0. The van der Waals surface area contributed by atoms with Gasteiger partial charge >= 0.3 is 0 Å². The van der Waals surface area contributed by atoms with Crippen molar-refractivity contribution in [2.75, 3.05) is 0 Å². The molecule has 0 aliphatic carbocycles. The van der Waals surface area contributed by atoms with Crippen LogP contribution in [0.1, 0.15) is 22.2 Å². The van der Waals surface area contributed by atoms with Gasteiger partial charge in [0.05, 0.1) is 11.9 Å². The molecule has 0 radical (unpaired) electrons. The van der Waals surface area contributed by atoms with Crippen LogP contribution in [-0.4, -0.2) is 15.0 Å². The van der Waals surface area contributed by atoms with Crippen molar-refractivity contribution in [3.05, 3.63) is 64.1 Å². The van der Waals surface area contributed by atoms with E-state index < -0.39 is 0 Å². The number of rotatable bonds is 4. The van der Waals surface area contributed by atoms with E-state index in [1.165, 1.54) is 5.56 Å². The number of aromatic nitrogens is 3. The summed E-state index contributed by atoms with van der Waals surface area (Å²) in [6.07, 6.45) is 1.75. The second-order valence-electron chi connectivity index (χ2n) is 4.46. The van der Waals surface area contributed by atoms with Crippen molar-refractivity contribution in [2.24, 2.45) is 5.84 Å². The third-order valence-corrected chi connectivity index (χ3v) is 4.21. The van der Waals surface area contributed by atoms with E-state index in [4.69, 9.17) is 5.84 Å². The van der Waals surface area contributed by atoms with Crippen molar-refractivity contribution in [1.29, 1.82) is 0 Å².